The normalized spacial score (nSPS) is 15.0. The van der Waals surface area contributed by atoms with Crippen LogP contribution in [0, 0.1) is 0 Å². The summed E-state index contributed by atoms with van der Waals surface area (Å²) in [6.45, 7) is 3.95. The van der Waals surface area contributed by atoms with Gasteiger partial charge in [0, 0.05) is 19.1 Å². The van der Waals surface area contributed by atoms with Crippen LogP contribution in [0.1, 0.15) is 25.3 Å². The van der Waals surface area contributed by atoms with Gasteiger partial charge in [-0.15, -0.1) is 0 Å². The molecular weight excluding hydrogens is 224 g/mol. The minimum absolute atomic E-state index is 0.677. The summed E-state index contributed by atoms with van der Waals surface area (Å²) < 4.78 is 0. The van der Waals surface area contributed by atoms with Gasteiger partial charge in [0.15, 0.2) is 5.11 Å². The number of rotatable bonds is 4. The zero-order valence-electron chi connectivity index (χ0n) is 8.90. The first kappa shape index (κ1) is 10.9. The van der Waals surface area contributed by atoms with Crippen LogP contribution in [0.4, 0.5) is 0 Å². The van der Waals surface area contributed by atoms with Crippen molar-refractivity contribution in [3.05, 3.63) is 22.4 Å². The van der Waals surface area contributed by atoms with E-state index in [1.165, 1.54) is 18.4 Å². The van der Waals surface area contributed by atoms with Gasteiger partial charge < -0.3 is 10.2 Å². The lowest BCUT2D eigenvalue weighted by Crippen LogP contribution is -2.40. The van der Waals surface area contributed by atoms with Crippen LogP contribution < -0.4 is 5.32 Å². The molecule has 0 radical (unpaired) electrons. The van der Waals surface area contributed by atoms with Crippen molar-refractivity contribution in [3.8, 4) is 0 Å². The maximum absolute atomic E-state index is 5.38. The fraction of sp³-hybridized carbons (Fsp3) is 0.545. The van der Waals surface area contributed by atoms with Crippen molar-refractivity contribution in [2.45, 2.75) is 32.4 Å². The van der Waals surface area contributed by atoms with E-state index in [-0.39, 0.29) is 0 Å². The van der Waals surface area contributed by atoms with E-state index in [1.54, 1.807) is 11.3 Å². The quantitative estimate of drug-likeness (QED) is 0.815. The zero-order chi connectivity index (χ0) is 10.7. The van der Waals surface area contributed by atoms with Gasteiger partial charge in [0.05, 0.1) is 0 Å². The molecule has 82 valence electrons. The lowest BCUT2D eigenvalue weighted by atomic mass is 10.3. The Labute approximate surface area is 100 Å². The fourth-order valence-corrected chi connectivity index (χ4v) is 2.60. The molecule has 1 aromatic rings. The summed E-state index contributed by atoms with van der Waals surface area (Å²) in [6, 6.07) is 2.85. The van der Waals surface area contributed by atoms with Crippen LogP contribution >= 0.6 is 23.6 Å². The molecule has 0 aromatic carbocycles. The average Bonchev–Trinajstić information content (AvgIpc) is 2.93. The molecule has 1 aromatic heterocycles. The van der Waals surface area contributed by atoms with Gasteiger partial charge in [0.25, 0.3) is 0 Å². The summed E-state index contributed by atoms with van der Waals surface area (Å²) in [4.78, 5) is 2.32. The van der Waals surface area contributed by atoms with E-state index < -0.39 is 0 Å². The van der Waals surface area contributed by atoms with Gasteiger partial charge in [0.1, 0.15) is 0 Å². The molecule has 1 heterocycles. The first-order valence-corrected chi connectivity index (χ1v) is 6.72. The first-order valence-electron chi connectivity index (χ1n) is 5.36. The third kappa shape index (κ3) is 2.92. The number of thiocarbonyl (C=S) groups is 1. The second-order valence-corrected chi connectivity index (χ2v) is 4.99. The summed E-state index contributed by atoms with van der Waals surface area (Å²) >= 11 is 7.13. The van der Waals surface area contributed by atoms with Crippen molar-refractivity contribution in [2.75, 3.05) is 6.54 Å². The molecular formula is C11H16N2S2. The Bertz CT molecular complexity index is 317. The lowest BCUT2D eigenvalue weighted by Gasteiger charge is -2.25. The highest BCUT2D eigenvalue weighted by Gasteiger charge is 2.30. The Kier molecular flexibility index (Phi) is 3.59. The first-order chi connectivity index (χ1) is 7.31. The van der Waals surface area contributed by atoms with Crippen LogP contribution in [-0.2, 0) is 6.54 Å². The molecule has 0 atom stereocenters. The van der Waals surface area contributed by atoms with Crippen LogP contribution in [0.2, 0.25) is 0 Å². The van der Waals surface area contributed by atoms with E-state index in [0.29, 0.717) is 6.04 Å². The largest absolute Gasteiger partial charge is 0.363 e. The van der Waals surface area contributed by atoms with Crippen LogP contribution in [-0.4, -0.2) is 22.6 Å². The molecule has 4 heteroatoms. The second-order valence-electron chi connectivity index (χ2n) is 3.83. The van der Waals surface area contributed by atoms with Crippen molar-refractivity contribution >= 4 is 28.7 Å². The van der Waals surface area contributed by atoms with Crippen molar-refractivity contribution in [2.24, 2.45) is 0 Å². The van der Waals surface area contributed by atoms with E-state index in [4.69, 9.17) is 12.2 Å². The molecule has 1 aliphatic carbocycles. The molecule has 0 unspecified atom stereocenters. The fourth-order valence-electron chi connectivity index (χ4n) is 1.59. The second kappa shape index (κ2) is 4.94. The molecule has 2 rings (SSSR count). The molecule has 0 bridgehead atoms. The van der Waals surface area contributed by atoms with E-state index in [2.05, 4.69) is 34.0 Å². The Hall–Kier alpha value is -0.610. The van der Waals surface area contributed by atoms with Crippen molar-refractivity contribution in [1.29, 1.82) is 0 Å². The number of thiophene rings is 1. The van der Waals surface area contributed by atoms with Gasteiger partial charge in [-0.1, -0.05) is 0 Å². The highest BCUT2D eigenvalue weighted by Crippen LogP contribution is 2.28. The average molecular weight is 240 g/mol. The predicted molar refractivity (Wildman–Crippen MR) is 69.2 cm³/mol. The number of nitrogens with zero attached hydrogens (tertiary/aromatic N) is 1. The molecule has 2 nitrogen and oxygen atoms in total. The van der Waals surface area contributed by atoms with Gasteiger partial charge in [-0.05, 0) is 54.4 Å². The molecule has 0 saturated heterocycles. The van der Waals surface area contributed by atoms with E-state index in [0.717, 1.165) is 18.2 Å². The smallest absolute Gasteiger partial charge is 0.169 e. The number of hydrogen-bond donors (Lipinski definition) is 1. The maximum Gasteiger partial charge on any atom is 0.169 e. The third-order valence-electron chi connectivity index (χ3n) is 2.51. The van der Waals surface area contributed by atoms with Crippen LogP contribution in [0.15, 0.2) is 16.8 Å². The van der Waals surface area contributed by atoms with Gasteiger partial charge in [-0.2, -0.15) is 11.3 Å². The highest BCUT2D eigenvalue weighted by molar-refractivity contribution is 7.80. The van der Waals surface area contributed by atoms with Crippen LogP contribution in [0.25, 0.3) is 0 Å². The number of hydrogen-bond acceptors (Lipinski definition) is 2. The Morgan fingerprint density at radius 1 is 1.67 bits per heavy atom. The Morgan fingerprint density at radius 2 is 2.47 bits per heavy atom. The van der Waals surface area contributed by atoms with Gasteiger partial charge >= 0.3 is 0 Å². The zero-order valence-corrected chi connectivity index (χ0v) is 10.5. The van der Waals surface area contributed by atoms with Gasteiger partial charge in [-0.25, -0.2) is 0 Å². The molecule has 15 heavy (non-hydrogen) atoms. The molecule has 0 spiro atoms. The Morgan fingerprint density at radius 3 is 3.00 bits per heavy atom. The molecule has 1 saturated carbocycles. The third-order valence-corrected chi connectivity index (χ3v) is 3.62. The van der Waals surface area contributed by atoms with Gasteiger partial charge in [-0.3, -0.25) is 0 Å². The SMILES string of the molecule is CCNC(=S)N(Cc1ccsc1)C1CC1. The summed E-state index contributed by atoms with van der Waals surface area (Å²) in [5, 5.41) is 8.47. The lowest BCUT2D eigenvalue weighted by molar-refractivity contribution is 0.397. The summed E-state index contributed by atoms with van der Waals surface area (Å²) in [5.41, 5.74) is 1.37. The number of nitrogens with one attached hydrogen (secondary N) is 1. The molecule has 1 fully saturated rings. The summed E-state index contributed by atoms with van der Waals surface area (Å²) in [5.74, 6) is 0. The predicted octanol–water partition coefficient (Wildman–Crippen LogP) is 2.61. The monoisotopic (exact) mass is 240 g/mol. The van der Waals surface area contributed by atoms with Crippen LogP contribution in [0.3, 0.4) is 0 Å². The van der Waals surface area contributed by atoms with E-state index in [1.807, 2.05) is 0 Å². The summed E-state index contributed by atoms with van der Waals surface area (Å²) in [6.07, 6.45) is 2.57. The molecule has 1 N–H and O–H groups in total. The summed E-state index contributed by atoms with van der Waals surface area (Å²) in [7, 11) is 0. The molecule has 0 aliphatic heterocycles. The van der Waals surface area contributed by atoms with Crippen molar-refractivity contribution in [3.63, 3.8) is 0 Å². The van der Waals surface area contributed by atoms with Crippen molar-refractivity contribution < 1.29 is 0 Å². The molecule has 0 amide bonds. The van der Waals surface area contributed by atoms with E-state index >= 15 is 0 Å². The topological polar surface area (TPSA) is 15.3 Å². The molecule has 1 aliphatic rings. The minimum Gasteiger partial charge on any atom is -0.363 e. The maximum atomic E-state index is 5.38. The van der Waals surface area contributed by atoms with Crippen molar-refractivity contribution in [1.82, 2.24) is 10.2 Å². The van der Waals surface area contributed by atoms with Crippen LogP contribution in [0.5, 0.6) is 0 Å². The minimum atomic E-state index is 0.677. The van der Waals surface area contributed by atoms with E-state index in [9.17, 15) is 0 Å². The highest BCUT2D eigenvalue weighted by atomic mass is 32.1. The standard InChI is InChI=1S/C11H16N2S2/c1-2-12-11(14)13(10-3-4-10)7-9-5-6-15-8-9/h5-6,8,10H,2-4,7H2,1H3,(H,12,14). The Balaban J connectivity index is 1.97. The van der Waals surface area contributed by atoms with Gasteiger partial charge in [0.2, 0.25) is 0 Å².